The van der Waals surface area contributed by atoms with Gasteiger partial charge in [0.1, 0.15) is 0 Å². The third-order valence-electron chi connectivity index (χ3n) is 2.92. The van der Waals surface area contributed by atoms with Crippen molar-refractivity contribution < 1.29 is 45.1 Å². The Bertz CT molecular complexity index is 255. The van der Waals surface area contributed by atoms with Crippen LogP contribution in [-0.4, -0.2) is 42.9 Å². The molecule has 7 nitrogen and oxygen atoms in total. The van der Waals surface area contributed by atoms with Gasteiger partial charge in [-0.15, -0.1) is 0 Å². The van der Waals surface area contributed by atoms with E-state index in [1.54, 1.807) is 6.92 Å². The molecular weight excluding hydrogens is 356 g/mol. The van der Waals surface area contributed by atoms with Gasteiger partial charge in [0, 0.05) is 0 Å². The maximum absolute atomic E-state index is 10.0. The number of rotatable bonds is 16. The van der Waals surface area contributed by atoms with Crippen LogP contribution in [0.5, 0.6) is 0 Å². The van der Waals surface area contributed by atoms with E-state index in [-0.39, 0.29) is 6.61 Å². The monoisotopic (exact) mass is 390 g/mol. The van der Waals surface area contributed by atoms with Crippen LogP contribution in [0.2, 0.25) is 0 Å². The molecule has 0 aromatic rings. The summed E-state index contributed by atoms with van der Waals surface area (Å²) in [6.45, 7) is 9.14. The molecule has 0 bridgehead atoms. The predicted molar refractivity (Wildman–Crippen MR) is 85.5 cm³/mol. The van der Waals surface area contributed by atoms with E-state index in [1.165, 1.54) is 0 Å². The number of hydrogen-bond acceptors (Lipinski definition) is 7. The van der Waals surface area contributed by atoms with Crippen LogP contribution in [-0.2, 0) is 37.7 Å². The minimum absolute atomic E-state index is 0.149. The summed E-state index contributed by atoms with van der Waals surface area (Å²) in [5.74, 6) is 0. The Morgan fingerprint density at radius 3 is 1.43 bits per heavy atom. The number of unbranched alkanes of at least 4 members (excludes halogenated alkanes) is 3. The van der Waals surface area contributed by atoms with Gasteiger partial charge < -0.3 is 0 Å². The van der Waals surface area contributed by atoms with E-state index in [4.69, 9.17) is 19.6 Å². The van der Waals surface area contributed by atoms with Gasteiger partial charge in [-0.1, -0.05) is 0 Å². The van der Waals surface area contributed by atoms with Crippen molar-refractivity contribution in [3.8, 4) is 0 Å². The number of hydrogen-bond donors (Lipinski definition) is 2. The van der Waals surface area contributed by atoms with E-state index in [9.17, 15) is 7.38 Å². The van der Waals surface area contributed by atoms with Crippen LogP contribution in [0, 0.1) is 0 Å². The Morgan fingerprint density at radius 1 is 0.739 bits per heavy atom. The van der Waals surface area contributed by atoms with Gasteiger partial charge in [-0.3, -0.25) is 0 Å². The Balaban J connectivity index is 4.99. The van der Waals surface area contributed by atoms with Gasteiger partial charge in [0.15, 0.2) is 0 Å². The SMILES string of the molecule is CCCCO[Si](OCCCC)(OCCCC)[O][Ti]([OH])([OH])[O]CC. The van der Waals surface area contributed by atoms with E-state index in [1.807, 2.05) is 20.8 Å². The molecule has 0 radical (unpaired) electrons. The van der Waals surface area contributed by atoms with E-state index >= 15 is 0 Å². The van der Waals surface area contributed by atoms with Crippen molar-refractivity contribution in [1.82, 2.24) is 0 Å². The molecule has 0 aromatic heterocycles. The fraction of sp³-hybridized carbons (Fsp3) is 1.00. The Kier molecular flexibility index (Phi) is 14.3. The summed E-state index contributed by atoms with van der Waals surface area (Å²) in [6, 6.07) is 0. The van der Waals surface area contributed by atoms with E-state index in [0.29, 0.717) is 19.8 Å². The molecule has 0 amide bonds. The van der Waals surface area contributed by atoms with Gasteiger partial charge in [-0.2, -0.15) is 0 Å². The van der Waals surface area contributed by atoms with E-state index in [0.717, 1.165) is 38.5 Å². The second-order valence-electron chi connectivity index (χ2n) is 5.19. The molecule has 0 heterocycles. The molecule has 0 aliphatic rings. The van der Waals surface area contributed by atoms with E-state index in [2.05, 4.69) is 0 Å². The van der Waals surface area contributed by atoms with Gasteiger partial charge in [0.25, 0.3) is 0 Å². The summed E-state index contributed by atoms with van der Waals surface area (Å²) in [5.41, 5.74) is 0. The molecule has 0 saturated heterocycles. The first-order chi connectivity index (χ1) is 10.9. The molecule has 2 N–H and O–H groups in total. The molecule has 140 valence electrons. The molecule has 0 unspecified atom stereocenters. The molecule has 0 aliphatic carbocycles. The van der Waals surface area contributed by atoms with Crippen molar-refractivity contribution in [2.45, 2.75) is 66.2 Å². The van der Waals surface area contributed by atoms with Gasteiger partial charge in [0.05, 0.1) is 0 Å². The molecule has 9 heteroatoms. The molecule has 0 fully saturated rings. The fourth-order valence-corrected chi connectivity index (χ4v) is 6.83. The average molecular weight is 390 g/mol. The minimum atomic E-state index is -4.87. The van der Waals surface area contributed by atoms with Crippen molar-refractivity contribution in [2.24, 2.45) is 0 Å². The first kappa shape index (κ1) is 23.7. The molecule has 0 saturated carbocycles. The summed E-state index contributed by atoms with van der Waals surface area (Å²) in [5, 5.41) is 0. The summed E-state index contributed by atoms with van der Waals surface area (Å²) in [6.07, 6.45) is 5.30. The quantitative estimate of drug-likeness (QED) is 0.310. The molecule has 0 spiro atoms. The summed E-state index contributed by atoms with van der Waals surface area (Å²) in [7, 11) is -3.62. The molecular formula is C14H34O7SiTi. The zero-order valence-corrected chi connectivity index (χ0v) is 17.6. The molecule has 0 aliphatic heterocycles. The van der Waals surface area contributed by atoms with Crippen molar-refractivity contribution >= 4 is 9.05 Å². The zero-order valence-electron chi connectivity index (χ0n) is 15.0. The normalized spacial score (nSPS) is 12.8. The van der Waals surface area contributed by atoms with Gasteiger partial charge in [-0.25, -0.2) is 0 Å². The van der Waals surface area contributed by atoms with Crippen molar-refractivity contribution in [1.29, 1.82) is 0 Å². The average Bonchev–Trinajstić information content (AvgIpc) is 2.47. The van der Waals surface area contributed by atoms with Crippen LogP contribution >= 0.6 is 0 Å². The van der Waals surface area contributed by atoms with Crippen LogP contribution in [0.15, 0.2) is 0 Å². The summed E-state index contributed by atoms with van der Waals surface area (Å²) < 4.78 is 47.7. The van der Waals surface area contributed by atoms with Crippen LogP contribution in [0.1, 0.15) is 66.2 Å². The summed E-state index contributed by atoms with van der Waals surface area (Å²) >= 11 is -4.87. The second-order valence-corrected chi connectivity index (χ2v) is 10.4. The first-order valence-corrected chi connectivity index (χ1v) is 13.0. The van der Waals surface area contributed by atoms with Crippen LogP contribution < -0.4 is 0 Å². The van der Waals surface area contributed by atoms with Gasteiger partial charge in [0.2, 0.25) is 0 Å². The molecule has 23 heavy (non-hydrogen) atoms. The van der Waals surface area contributed by atoms with Crippen LogP contribution in [0.4, 0.5) is 0 Å². The predicted octanol–water partition coefficient (Wildman–Crippen LogP) is 2.72. The molecule has 0 atom stereocenters. The Labute approximate surface area is 147 Å². The second kappa shape index (κ2) is 13.9. The third kappa shape index (κ3) is 11.8. The standard InChI is InChI=1S/C12H27O4Si.C2H5O.2H2O.Ti/c1-4-7-10-14-17(13,15-11-8-5-2)16-12-9-6-3;1-2-3;;;/h4-12H2,1-3H3;2H2,1H3;2*1H2;/q2*-1;;;+4/p-2. The van der Waals surface area contributed by atoms with Gasteiger partial charge in [-0.05, 0) is 0 Å². The summed E-state index contributed by atoms with van der Waals surface area (Å²) in [4.78, 5) is 0. The van der Waals surface area contributed by atoms with Gasteiger partial charge >= 0.3 is 147 Å². The van der Waals surface area contributed by atoms with Crippen LogP contribution in [0.25, 0.3) is 0 Å². The third-order valence-corrected chi connectivity index (χ3v) is 8.56. The van der Waals surface area contributed by atoms with Crippen molar-refractivity contribution in [2.75, 3.05) is 26.4 Å². The zero-order chi connectivity index (χ0) is 17.6. The fourth-order valence-electron chi connectivity index (χ4n) is 1.62. The topological polar surface area (TPSA) is 86.6 Å². The van der Waals surface area contributed by atoms with Crippen molar-refractivity contribution in [3.05, 3.63) is 0 Å². The van der Waals surface area contributed by atoms with Crippen LogP contribution in [0.3, 0.4) is 0 Å². The maximum atomic E-state index is 10.0. The Morgan fingerprint density at radius 2 is 1.13 bits per heavy atom. The van der Waals surface area contributed by atoms with E-state index < -0.39 is 27.2 Å². The molecule has 0 rings (SSSR count). The molecule has 0 aromatic carbocycles. The first-order valence-electron chi connectivity index (χ1n) is 8.66. The van der Waals surface area contributed by atoms with Crippen molar-refractivity contribution in [3.63, 3.8) is 0 Å². The Hall–Kier alpha value is 0.651.